The second kappa shape index (κ2) is 7.79. The average molecular weight is 384 g/mol. The summed E-state index contributed by atoms with van der Waals surface area (Å²) in [7, 11) is 1.29. The largest absolute Gasteiger partial charge is 0.466 e. The molecule has 1 aromatic carbocycles. The number of nitrogens with zero attached hydrogens (tertiary/aromatic N) is 2. The Hall–Kier alpha value is -2.19. The molecule has 0 radical (unpaired) electrons. The molecule has 25 heavy (non-hydrogen) atoms. The van der Waals surface area contributed by atoms with Gasteiger partial charge in [-0.2, -0.15) is 0 Å². The Morgan fingerprint density at radius 2 is 2.20 bits per heavy atom. The van der Waals surface area contributed by atoms with Gasteiger partial charge in [0.1, 0.15) is 5.02 Å². The molecule has 0 saturated heterocycles. The highest BCUT2D eigenvalue weighted by atomic mass is 35.5. The second-order valence-corrected chi connectivity index (χ2v) is 6.29. The Balaban J connectivity index is 2.59. The number of esters is 1. The lowest BCUT2D eigenvalue weighted by Gasteiger charge is -2.37. The van der Waals surface area contributed by atoms with Crippen LogP contribution in [0.5, 0.6) is 0 Å². The van der Waals surface area contributed by atoms with E-state index < -0.39 is 16.9 Å². The average Bonchev–Trinajstić information content (AvgIpc) is 2.57. The van der Waals surface area contributed by atoms with Gasteiger partial charge in [-0.1, -0.05) is 24.6 Å². The maximum Gasteiger partial charge on any atom is 0.337 e. The van der Waals surface area contributed by atoms with Crippen molar-refractivity contribution in [3.8, 4) is 0 Å². The molecule has 9 heteroatoms. The van der Waals surface area contributed by atoms with Crippen LogP contribution in [0.2, 0.25) is 5.02 Å². The molecule has 0 fully saturated rings. The van der Waals surface area contributed by atoms with E-state index in [-0.39, 0.29) is 10.7 Å². The van der Waals surface area contributed by atoms with Gasteiger partial charge in [0.15, 0.2) is 5.11 Å². The minimum absolute atomic E-state index is 0.0278. The highest BCUT2D eigenvalue weighted by Crippen LogP contribution is 2.35. The topological polar surface area (TPSA) is 84.7 Å². The third-order valence-electron chi connectivity index (χ3n) is 3.95. The molecule has 134 valence electrons. The van der Waals surface area contributed by atoms with Crippen molar-refractivity contribution in [2.45, 2.75) is 26.3 Å². The van der Waals surface area contributed by atoms with Crippen LogP contribution in [0.25, 0.3) is 0 Å². The van der Waals surface area contributed by atoms with Crippen molar-refractivity contribution in [2.75, 3.05) is 13.7 Å². The maximum atomic E-state index is 12.4. The number of hydrogen-bond donors (Lipinski definition) is 1. The number of thiocarbonyl (C=S) groups is 1. The molecule has 0 unspecified atom stereocenters. The summed E-state index contributed by atoms with van der Waals surface area (Å²) < 4.78 is 4.91. The van der Waals surface area contributed by atoms with Crippen LogP contribution in [0.1, 0.15) is 31.9 Å². The van der Waals surface area contributed by atoms with Crippen LogP contribution in [0.4, 0.5) is 5.69 Å². The summed E-state index contributed by atoms with van der Waals surface area (Å²) >= 11 is 11.3. The minimum Gasteiger partial charge on any atom is -0.466 e. The number of halogens is 1. The number of carbonyl (C=O) groups excluding carboxylic acids is 1. The van der Waals surface area contributed by atoms with Crippen molar-refractivity contribution in [3.63, 3.8) is 0 Å². The Kier molecular flexibility index (Phi) is 5.97. The molecular formula is C16H18ClN3O4S. The van der Waals surface area contributed by atoms with Gasteiger partial charge in [0.05, 0.1) is 23.6 Å². The van der Waals surface area contributed by atoms with Gasteiger partial charge in [-0.3, -0.25) is 10.1 Å². The number of benzene rings is 1. The van der Waals surface area contributed by atoms with Crippen molar-refractivity contribution in [2.24, 2.45) is 0 Å². The number of carbonyl (C=O) groups is 1. The van der Waals surface area contributed by atoms with Crippen molar-refractivity contribution < 1.29 is 14.5 Å². The Morgan fingerprint density at radius 1 is 1.52 bits per heavy atom. The van der Waals surface area contributed by atoms with Crippen LogP contribution in [-0.2, 0) is 9.53 Å². The molecule has 0 amide bonds. The number of allylic oxidation sites excluding steroid dienone is 1. The van der Waals surface area contributed by atoms with Gasteiger partial charge in [-0.05, 0) is 37.2 Å². The Labute approximate surface area is 155 Å². The lowest BCUT2D eigenvalue weighted by Crippen LogP contribution is -2.48. The van der Waals surface area contributed by atoms with Crippen LogP contribution in [0, 0.1) is 10.1 Å². The molecular weight excluding hydrogens is 366 g/mol. The monoisotopic (exact) mass is 383 g/mol. The van der Waals surface area contributed by atoms with Gasteiger partial charge >= 0.3 is 5.97 Å². The number of rotatable bonds is 5. The van der Waals surface area contributed by atoms with Crippen LogP contribution >= 0.6 is 23.8 Å². The maximum absolute atomic E-state index is 12.4. The molecule has 1 aliphatic rings. The molecule has 1 aliphatic heterocycles. The van der Waals surface area contributed by atoms with Crippen LogP contribution in [0.15, 0.2) is 29.5 Å². The predicted molar refractivity (Wildman–Crippen MR) is 98.3 cm³/mol. The molecule has 1 heterocycles. The van der Waals surface area contributed by atoms with E-state index in [4.69, 9.17) is 28.6 Å². The first-order chi connectivity index (χ1) is 11.8. The molecule has 0 spiro atoms. The zero-order valence-corrected chi connectivity index (χ0v) is 15.6. The Morgan fingerprint density at radius 3 is 2.76 bits per heavy atom. The van der Waals surface area contributed by atoms with Crippen molar-refractivity contribution in [1.82, 2.24) is 10.2 Å². The molecule has 1 atom stereocenters. The number of hydrogen-bond acceptors (Lipinski definition) is 5. The summed E-state index contributed by atoms with van der Waals surface area (Å²) in [6, 6.07) is 3.75. The normalized spacial score (nSPS) is 17.4. The van der Waals surface area contributed by atoms with E-state index in [0.29, 0.717) is 28.5 Å². The van der Waals surface area contributed by atoms with Crippen molar-refractivity contribution in [3.05, 3.63) is 50.2 Å². The van der Waals surface area contributed by atoms with Crippen LogP contribution < -0.4 is 5.32 Å². The molecule has 0 bridgehead atoms. The predicted octanol–water partition coefficient (Wildman–Crippen LogP) is 3.34. The van der Waals surface area contributed by atoms with Crippen molar-refractivity contribution in [1.29, 1.82) is 0 Å². The third kappa shape index (κ3) is 3.74. The molecule has 0 saturated carbocycles. The van der Waals surface area contributed by atoms with Gasteiger partial charge in [0.25, 0.3) is 5.69 Å². The van der Waals surface area contributed by atoms with E-state index in [1.807, 2.05) is 11.8 Å². The van der Waals surface area contributed by atoms with Gasteiger partial charge in [-0.15, -0.1) is 0 Å². The lowest BCUT2D eigenvalue weighted by molar-refractivity contribution is -0.384. The molecule has 1 aromatic rings. The summed E-state index contributed by atoms with van der Waals surface area (Å²) in [5.41, 5.74) is 1.31. The summed E-state index contributed by atoms with van der Waals surface area (Å²) in [5, 5.41) is 14.7. The van der Waals surface area contributed by atoms with Gasteiger partial charge < -0.3 is 15.0 Å². The fraction of sp³-hybridized carbons (Fsp3) is 0.375. The standard InChI is InChI=1S/C16H18ClN3O4S/c1-4-7-19-9(2)13(15(21)24-3)14(18-16(19)25)10-5-6-11(17)12(8-10)20(22)23/h5-6,8,14H,4,7H2,1-3H3,(H,18,25)/t14-/m1/s1. The van der Waals surface area contributed by atoms with Crippen LogP contribution in [0.3, 0.4) is 0 Å². The van der Waals surface area contributed by atoms with Crippen molar-refractivity contribution >= 4 is 40.6 Å². The quantitative estimate of drug-likeness (QED) is 0.361. The number of nitrogens with one attached hydrogen (secondary N) is 1. The first-order valence-electron chi connectivity index (χ1n) is 7.62. The smallest absolute Gasteiger partial charge is 0.337 e. The molecule has 1 N–H and O–H groups in total. The van der Waals surface area contributed by atoms with Gasteiger partial charge in [0.2, 0.25) is 0 Å². The first-order valence-corrected chi connectivity index (χ1v) is 8.41. The summed E-state index contributed by atoms with van der Waals surface area (Å²) in [6.45, 7) is 4.43. The first kappa shape index (κ1) is 19.1. The fourth-order valence-corrected chi connectivity index (χ4v) is 3.28. The zero-order valence-electron chi connectivity index (χ0n) is 14.0. The number of methoxy groups -OCH3 is 1. The van der Waals surface area contributed by atoms with Gasteiger partial charge in [-0.25, -0.2) is 4.79 Å². The summed E-state index contributed by atoms with van der Waals surface area (Å²) in [4.78, 5) is 24.8. The molecule has 0 aromatic heterocycles. The van der Waals surface area contributed by atoms with E-state index in [1.165, 1.54) is 19.2 Å². The van der Waals surface area contributed by atoms with E-state index in [0.717, 1.165) is 6.42 Å². The zero-order chi connectivity index (χ0) is 18.7. The highest BCUT2D eigenvalue weighted by Gasteiger charge is 2.35. The molecule has 0 aliphatic carbocycles. The van der Waals surface area contributed by atoms with E-state index in [2.05, 4.69) is 5.32 Å². The Bertz CT molecular complexity index is 766. The molecule has 2 rings (SSSR count). The SMILES string of the molecule is CCCN1C(=S)N[C@H](c2ccc(Cl)c([N+](=O)[O-])c2)C(C(=O)OC)=C1C. The third-order valence-corrected chi connectivity index (χ3v) is 4.61. The van der Waals surface area contributed by atoms with E-state index in [9.17, 15) is 14.9 Å². The lowest BCUT2D eigenvalue weighted by atomic mass is 9.94. The second-order valence-electron chi connectivity index (χ2n) is 5.49. The number of nitro benzene ring substituents is 1. The van der Waals surface area contributed by atoms with E-state index >= 15 is 0 Å². The summed E-state index contributed by atoms with van der Waals surface area (Å²) in [5.74, 6) is -0.517. The number of ether oxygens (including phenoxy) is 1. The van der Waals surface area contributed by atoms with E-state index in [1.54, 1.807) is 13.0 Å². The van der Waals surface area contributed by atoms with Gasteiger partial charge in [0, 0.05) is 18.3 Å². The highest BCUT2D eigenvalue weighted by molar-refractivity contribution is 7.80. The summed E-state index contributed by atoms with van der Waals surface area (Å²) in [6.07, 6.45) is 0.838. The molecule has 7 nitrogen and oxygen atoms in total. The fourth-order valence-electron chi connectivity index (χ4n) is 2.75. The number of nitro groups is 1. The van der Waals surface area contributed by atoms with Crippen LogP contribution in [-0.4, -0.2) is 34.6 Å². The minimum atomic E-state index is -0.649.